The van der Waals surface area contributed by atoms with Crippen molar-refractivity contribution in [3.8, 4) is 0 Å². The van der Waals surface area contributed by atoms with Crippen molar-refractivity contribution in [1.29, 1.82) is 0 Å². The molecule has 164 valence electrons. The molecule has 0 aliphatic rings. The van der Waals surface area contributed by atoms with E-state index >= 15 is 0 Å². The van der Waals surface area contributed by atoms with Crippen molar-refractivity contribution in [2.75, 3.05) is 13.2 Å². The Hall–Kier alpha value is -2.51. The third-order valence-corrected chi connectivity index (χ3v) is 2.79. The molecule has 0 bridgehead atoms. The van der Waals surface area contributed by atoms with Gasteiger partial charge < -0.3 is 20.4 Å². The van der Waals surface area contributed by atoms with Gasteiger partial charge in [-0.1, -0.05) is 86.0 Å². The average molecular weight is 460 g/mol. The average Bonchev–Trinajstić information content (AvgIpc) is 2.70. The number of carbonyl (C=O) groups excluding carboxylic acids is 2. The molecule has 31 heavy (non-hydrogen) atoms. The number of hydrogen-bond acceptors (Lipinski definition) is 6. The first-order valence-corrected chi connectivity index (χ1v) is 9.28. The largest absolute Gasteiger partial charge is 4.00 e. The summed E-state index contributed by atoms with van der Waals surface area (Å²) in [5.41, 5.74) is 1.10. The molecule has 0 heterocycles. The van der Waals surface area contributed by atoms with E-state index in [-0.39, 0.29) is 58.0 Å². The van der Waals surface area contributed by atoms with Gasteiger partial charge in [-0.15, -0.1) is 13.2 Å². The molecule has 2 aromatic rings. The Kier molecular flexibility index (Phi) is 23.7. The molecular formula is C24H28O6Ti. The van der Waals surface area contributed by atoms with Gasteiger partial charge in [-0.2, -0.15) is 0 Å². The summed E-state index contributed by atoms with van der Waals surface area (Å²) >= 11 is 0. The fourth-order valence-electron chi connectivity index (χ4n) is 1.74. The van der Waals surface area contributed by atoms with Crippen LogP contribution in [0.4, 0.5) is 0 Å². The molecule has 2 aromatic carbocycles. The molecule has 7 heteroatoms. The maximum Gasteiger partial charge on any atom is 4.00 e. The van der Waals surface area contributed by atoms with Gasteiger partial charge in [0.1, 0.15) is 0 Å². The summed E-state index contributed by atoms with van der Waals surface area (Å²) < 4.78 is 0. The first-order valence-electron chi connectivity index (χ1n) is 9.28. The van der Waals surface area contributed by atoms with Crippen LogP contribution in [0.1, 0.15) is 38.8 Å². The van der Waals surface area contributed by atoms with Crippen molar-refractivity contribution in [2.24, 2.45) is 0 Å². The van der Waals surface area contributed by atoms with Gasteiger partial charge in [-0.25, -0.2) is 0 Å². The standard InChI is InChI=1S/2C10H10O2.2C2H5O.Ti/c2*1-8(11)7-10(12)9-5-3-2-4-6-9;2*1-2-3;/h2*2-7,12H,1H3;2*2H2,1H3;/q;;2*-1;+4/p-2/b2*10-7-;;;. The molecule has 0 saturated carbocycles. The predicted molar refractivity (Wildman–Crippen MR) is 111 cm³/mol. The van der Waals surface area contributed by atoms with E-state index in [2.05, 4.69) is 0 Å². The number of rotatable bonds is 4. The van der Waals surface area contributed by atoms with E-state index in [1.165, 1.54) is 13.8 Å². The molecule has 0 N–H and O–H groups in total. The minimum atomic E-state index is -0.233. The fourth-order valence-corrected chi connectivity index (χ4v) is 1.74. The summed E-state index contributed by atoms with van der Waals surface area (Å²) in [6, 6.07) is 17.4. The maximum absolute atomic E-state index is 11.2. The van der Waals surface area contributed by atoms with E-state index < -0.39 is 0 Å². The van der Waals surface area contributed by atoms with Crippen molar-refractivity contribution in [2.45, 2.75) is 27.7 Å². The molecule has 0 aromatic heterocycles. The molecule has 0 fully saturated rings. The van der Waals surface area contributed by atoms with Gasteiger partial charge in [-0.05, 0) is 37.1 Å². The molecule has 6 nitrogen and oxygen atoms in total. The molecule has 0 aliphatic heterocycles. The maximum atomic E-state index is 11.2. The summed E-state index contributed by atoms with van der Waals surface area (Å²) in [7, 11) is 0. The van der Waals surface area contributed by atoms with Crippen LogP contribution >= 0.6 is 0 Å². The summed E-state index contributed by atoms with van der Waals surface area (Å²) in [6.45, 7) is 5.86. The molecule has 0 radical (unpaired) electrons. The Bertz CT molecular complexity index is 704. The zero-order chi connectivity index (χ0) is 23.4. The zero-order valence-corrected chi connectivity index (χ0v) is 19.9. The van der Waals surface area contributed by atoms with Crippen LogP contribution in [0.3, 0.4) is 0 Å². The summed E-state index contributed by atoms with van der Waals surface area (Å²) in [6.07, 6.45) is 2.19. The summed E-state index contributed by atoms with van der Waals surface area (Å²) in [5, 5.41) is 40.2. The van der Waals surface area contributed by atoms with Gasteiger partial charge in [-0.3, -0.25) is 9.59 Å². The molecule has 2 rings (SSSR count). The van der Waals surface area contributed by atoms with Crippen molar-refractivity contribution in [3.05, 3.63) is 83.9 Å². The molecule has 0 unspecified atom stereocenters. The van der Waals surface area contributed by atoms with E-state index in [1.807, 2.05) is 12.1 Å². The number of carbonyl (C=O) groups is 2. The quantitative estimate of drug-likeness (QED) is 0.375. The van der Waals surface area contributed by atoms with Crippen LogP contribution in [-0.2, 0) is 31.3 Å². The van der Waals surface area contributed by atoms with E-state index in [9.17, 15) is 19.8 Å². The predicted octanol–water partition coefficient (Wildman–Crippen LogP) is 0.684. The minimum absolute atomic E-state index is 0. The number of benzene rings is 2. The summed E-state index contributed by atoms with van der Waals surface area (Å²) in [4.78, 5) is 21.1. The second kappa shape index (κ2) is 22.2. The van der Waals surface area contributed by atoms with Crippen LogP contribution in [0.5, 0.6) is 0 Å². The first kappa shape index (κ1) is 33.1. The van der Waals surface area contributed by atoms with Crippen molar-refractivity contribution < 1.29 is 51.7 Å². The Morgan fingerprint density at radius 2 is 0.903 bits per heavy atom. The Balaban J connectivity index is -0.000000394. The van der Waals surface area contributed by atoms with Crippen LogP contribution in [0.25, 0.3) is 11.5 Å². The Morgan fingerprint density at radius 1 is 0.677 bits per heavy atom. The topological polar surface area (TPSA) is 126 Å². The van der Waals surface area contributed by atoms with Crippen LogP contribution in [0.15, 0.2) is 72.8 Å². The van der Waals surface area contributed by atoms with Crippen molar-refractivity contribution >= 4 is 23.1 Å². The van der Waals surface area contributed by atoms with Gasteiger partial charge in [0, 0.05) is 0 Å². The minimum Gasteiger partial charge on any atom is -0.872 e. The van der Waals surface area contributed by atoms with Crippen LogP contribution in [0, 0.1) is 0 Å². The van der Waals surface area contributed by atoms with E-state index in [4.69, 9.17) is 10.2 Å². The van der Waals surface area contributed by atoms with Gasteiger partial charge in [0.2, 0.25) is 0 Å². The Morgan fingerprint density at radius 3 is 1.10 bits per heavy atom. The third kappa shape index (κ3) is 20.5. The molecular weight excluding hydrogens is 432 g/mol. The second-order valence-corrected chi connectivity index (χ2v) is 5.55. The molecule has 0 amide bonds. The number of hydrogen-bond donors (Lipinski definition) is 0. The zero-order valence-electron chi connectivity index (χ0n) is 18.3. The van der Waals surface area contributed by atoms with E-state index in [1.54, 1.807) is 62.4 Å². The Labute approximate surface area is 199 Å². The van der Waals surface area contributed by atoms with Gasteiger partial charge in [0.15, 0.2) is 11.6 Å². The van der Waals surface area contributed by atoms with E-state index in [0.29, 0.717) is 11.1 Å². The van der Waals surface area contributed by atoms with Crippen LogP contribution in [-0.4, -0.2) is 24.8 Å². The molecule has 0 saturated heterocycles. The number of allylic oxidation sites excluding steroid dienone is 2. The normalized spacial score (nSPS) is 9.87. The van der Waals surface area contributed by atoms with Gasteiger partial charge in [0.05, 0.1) is 0 Å². The molecule has 0 spiro atoms. The van der Waals surface area contributed by atoms with Gasteiger partial charge >= 0.3 is 21.7 Å². The second-order valence-electron chi connectivity index (χ2n) is 5.55. The van der Waals surface area contributed by atoms with Crippen LogP contribution < -0.4 is 20.4 Å². The SMILES string of the molecule is CC(=O)/C=C(\[O-])c1ccccc1.CC(=O)/C=C(\[O-])c1ccccc1.CC[O-].CC[O-].[Ti+4]. The number of ketones is 2. The molecule has 0 aliphatic carbocycles. The van der Waals surface area contributed by atoms with Crippen molar-refractivity contribution in [3.63, 3.8) is 0 Å². The monoisotopic (exact) mass is 460 g/mol. The third-order valence-electron chi connectivity index (χ3n) is 2.79. The summed E-state index contributed by atoms with van der Waals surface area (Å²) in [5.74, 6) is -0.904. The van der Waals surface area contributed by atoms with E-state index in [0.717, 1.165) is 12.2 Å². The first-order chi connectivity index (χ1) is 14.2. The smallest absolute Gasteiger partial charge is 0.872 e. The van der Waals surface area contributed by atoms with Crippen molar-refractivity contribution in [1.82, 2.24) is 0 Å². The fraction of sp³-hybridized carbons (Fsp3) is 0.250. The molecule has 0 atom stereocenters. The van der Waals surface area contributed by atoms with Crippen LogP contribution in [0.2, 0.25) is 0 Å². The van der Waals surface area contributed by atoms with Gasteiger partial charge in [0.25, 0.3) is 0 Å².